The van der Waals surface area contributed by atoms with E-state index in [0.29, 0.717) is 17.5 Å². The molecule has 1 aliphatic carbocycles. The minimum Gasteiger partial charge on any atom is -0.481 e. The van der Waals surface area contributed by atoms with E-state index in [1.165, 1.54) is 0 Å². The highest BCUT2D eigenvalue weighted by Gasteiger charge is 2.44. The van der Waals surface area contributed by atoms with E-state index >= 15 is 0 Å². The van der Waals surface area contributed by atoms with Crippen LogP contribution in [0.3, 0.4) is 0 Å². The van der Waals surface area contributed by atoms with E-state index in [0.717, 1.165) is 27.5 Å². The van der Waals surface area contributed by atoms with E-state index in [-0.39, 0.29) is 57.5 Å². The third kappa shape index (κ3) is 13.6. The first kappa shape index (κ1) is 46.8. The van der Waals surface area contributed by atoms with E-state index in [1.807, 2.05) is 67.6 Å². The zero-order valence-electron chi connectivity index (χ0n) is 35.2. The number of aliphatic imine (C=N–C) groups is 1. The summed E-state index contributed by atoms with van der Waals surface area (Å²) in [6.45, 7) is 1.59. The quantitative estimate of drug-likeness (QED) is 0.0325. The number of hydrogen-bond acceptors (Lipinski definition) is 8. The molecule has 5 rings (SSSR count). The first-order valence-electron chi connectivity index (χ1n) is 20.8. The summed E-state index contributed by atoms with van der Waals surface area (Å²) in [5.41, 5.74) is 19.1. The fourth-order valence-corrected chi connectivity index (χ4v) is 7.73. The molecule has 4 aromatic carbocycles. The Hall–Kier alpha value is -7.30. The number of fused-ring (bicyclic) bond motifs is 2. The number of aliphatic carboxylic acids is 1. The summed E-state index contributed by atoms with van der Waals surface area (Å²) in [5.74, 6) is -5.59. The van der Waals surface area contributed by atoms with Crippen LogP contribution in [0.2, 0.25) is 0 Å². The van der Waals surface area contributed by atoms with Crippen LogP contribution >= 0.6 is 0 Å². The number of nitrogens with two attached hydrogens (primary N) is 3. The topological polar surface area (TPSA) is 290 Å². The van der Waals surface area contributed by atoms with Crippen molar-refractivity contribution in [3.8, 4) is 0 Å². The molecular formula is C46H55N9O8. The third-order valence-corrected chi connectivity index (χ3v) is 11.0. The van der Waals surface area contributed by atoms with E-state index in [1.54, 1.807) is 30.3 Å². The predicted octanol–water partition coefficient (Wildman–Crippen LogP) is 0.952. The zero-order valence-corrected chi connectivity index (χ0v) is 35.2. The van der Waals surface area contributed by atoms with Crippen molar-refractivity contribution < 1.29 is 38.7 Å². The van der Waals surface area contributed by atoms with Crippen LogP contribution in [0.25, 0.3) is 10.8 Å². The van der Waals surface area contributed by atoms with Gasteiger partial charge in [0.1, 0.15) is 23.7 Å². The number of nitrogens with zero attached hydrogens (tertiary/aromatic N) is 1. The molecule has 0 radical (unpaired) electrons. The molecule has 6 amide bonds. The van der Waals surface area contributed by atoms with Crippen molar-refractivity contribution in [2.24, 2.45) is 22.2 Å². The van der Waals surface area contributed by atoms with E-state index in [9.17, 15) is 38.7 Å². The number of primary amides is 1. The highest BCUT2D eigenvalue weighted by Crippen LogP contribution is 2.32. The van der Waals surface area contributed by atoms with Crippen LogP contribution in [0.5, 0.6) is 0 Å². The van der Waals surface area contributed by atoms with Gasteiger partial charge in [-0.15, -0.1) is 0 Å². The number of amides is 6. The molecule has 17 nitrogen and oxygen atoms in total. The van der Waals surface area contributed by atoms with Gasteiger partial charge in [0.2, 0.25) is 35.4 Å². The van der Waals surface area contributed by atoms with Crippen molar-refractivity contribution in [3.63, 3.8) is 0 Å². The summed E-state index contributed by atoms with van der Waals surface area (Å²) >= 11 is 0. The molecule has 0 aromatic heterocycles. The van der Waals surface area contributed by atoms with Crippen molar-refractivity contribution in [1.29, 1.82) is 0 Å². The van der Waals surface area contributed by atoms with E-state index in [4.69, 9.17) is 17.2 Å². The van der Waals surface area contributed by atoms with Gasteiger partial charge in [0.05, 0.1) is 13.0 Å². The molecule has 4 aromatic rings. The van der Waals surface area contributed by atoms with Crippen LogP contribution in [0.4, 0.5) is 0 Å². The van der Waals surface area contributed by atoms with Crippen LogP contribution in [-0.2, 0) is 59.2 Å². The van der Waals surface area contributed by atoms with Gasteiger partial charge >= 0.3 is 5.97 Å². The predicted molar refractivity (Wildman–Crippen MR) is 237 cm³/mol. The fraction of sp³-hybridized carbons (Fsp3) is 0.348. The Balaban J connectivity index is 1.44. The van der Waals surface area contributed by atoms with Crippen LogP contribution in [0.15, 0.2) is 96.0 Å². The SMILES string of the molecule is Cc1cccc2c1CCC(NC(=O)CCC(=O)O)(C(=O)N[C@H](Cc1ccccc1)C(=O)N[C@@H](CCCN=C(N)N)C(=O)N[C@@H](Cc1ccc3ccccc3c1)C(=O)NCC(N)=O)C2. The zero-order chi connectivity index (χ0) is 45.5. The second kappa shape index (κ2) is 22.0. The number of nitrogens with one attached hydrogen (secondary N) is 5. The number of carboxylic acids is 1. The molecule has 0 fully saturated rings. The summed E-state index contributed by atoms with van der Waals surface area (Å²) in [6, 6.07) is 24.0. The van der Waals surface area contributed by atoms with Crippen LogP contribution in [0, 0.1) is 6.92 Å². The largest absolute Gasteiger partial charge is 0.481 e. The summed E-state index contributed by atoms with van der Waals surface area (Å²) in [4.78, 5) is 97.2. The van der Waals surface area contributed by atoms with Gasteiger partial charge in [0, 0.05) is 32.2 Å². The van der Waals surface area contributed by atoms with Crippen molar-refractivity contribution in [3.05, 3.63) is 119 Å². The van der Waals surface area contributed by atoms with Gasteiger partial charge in [-0.25, -0.2) is 0 Å². The first-order valence-corrected chi connectivity index (χ1v) is 20.8. The van der Waals surface area contributed by atoms with Gasteiger partial charge in [-0.2, -0.15) is 0 Å². The molecule has 12 N–H and O–H groups in total. The lowest BCUT2D eigenvalue weighted by Crippen LogP contribution is -2.65. The molecule has 0 heterocycles. The summed E-state index contributed by atoms with van der Waals surface area (Å²) < 4.78 is 0. The lowest BCUT2D eigenvalue weighted by atomic mass is 9.75. The number of aryl methyl sites for hydroxylation is 1. The van der Waals surface area contributed by atoms with Gasteiger partial charge in [0.15, 0.2) is 5.96 Å². The number of rotatable bonds is 21. The van der Waals surface area contributed by atoms with Crippen molar-refractivity contribution in [1.82, 2.24) is 26.6 Å². The smallest absolute Gasteiger partial charge is 0.303 e. The molecule has 1 unspecified atom stereocenters. The minimum atomic E-state index is -1.54. The summed E-state index contributed by atoms with van der Waals surface area (Å²) in [6.07, 6.45) is 0.104. The van der Waals surface area contributed by atoms with Crippen molar-refractivity contribution in [2.45, 2.75) is 88.4 Å². The minimum absolute atomic E-state index is 0.00562. The molecule has 17 heteroatoms. The highest BCUT2D eigenvalue weighted by molar-refractivity contribution is 5.98. The number of guanidine groups is 1. The standard InChI is InChI=1S/C46H55N9O8/c1-28-9-7-14-33-26-46(21-20-34(28)33,55-39(57)18-19-40(58)59)44(63)54-37(24-29-10-3-2-4-11-29)43(62)52-35(15-8-22-50-45(48)49)42(61)53-36(41(60)51-27-38(47)56)25-30-16-17-31-12-5-6-13-32(31)23-30/h2-7,9-14,16-17,23,35-37H,8,15,18-22,24-27H2,1H3,(H2,47,56)(H,51,60)(H,52,62)(H,53,61)(H,54,63)(H,55,57)(H,58,59)(H4,48,49,50)/t35-,36-,37+,46?/m0/s1. The normalized spacial score (nSPS) is 15.6. The molecule has 0 saturated heterocycles. The molecule has 63 heavy (non-hydrogen) atoms. The Morgan fingerprint density at radius 3 is 2.11 bits per heavy atom. The van der Waals surface area contributed by atoms with Crippen molar-refractivity contribution in [2.75, 3.05) is 13.1 Å². The molecule has 0 saturated carbocycles. The molecule has 0 bridgehead atoms. The fourth-order valence-electron chi connectivity index (χ4n) is 7.73. The number of benzene rings is 4. The van der Waals surface area contributed by atoms with E-state index < -0.39 is 78.0 Å². The Morgan fingerprint density at radius 1 is 0.730 bits per heavy atom. The molecule has 1 aliphatic rings. The van der Waals surface area contributed by atoms with Gasteiger partial charge in [-0.3, -0.25) is 38.6 Å². The number of hydrogen-bond donors (Lipinski definition) is 9. The Kier molecular flexibility index (Phi) is 16.3. The maximum Gasteiger partial charge on any atom is 0.303 e. The highest BCUT2D eigenvalue weighted by atomic mass is 16.4. The van der Waals surface area contributed by atoms with Gasteiger partial charge in [-0.1, -0.05) is 91.0 Å². The van der Waals surface area contributed by atoms with Crippen LogP contribution in [0.1, 0.15) is 59.9 Å². The molecule has 332 valence electrons. The average Bonchev–Trinajstić information content (AvgIpc) is 3.25. The molecule has 4 atom stereocenters. The summed E-state index contributed by atoms with van der Waals surface area (Å²) in [5, 5.41) is 24.8. The van der Waals surface area contributed by atoms with Crippen LogP contribution in [-0.4, -0.2) is 89.2 Å². The lowest BCUT2D eigenvalue weighted by molar-refractivity contribution is -0.140. The van der Waals surface area contributed by atoms with E-state index in [2.05, 4.69) is 31.6 Å². The van der Waals surface area contributed by atoms with Gasteiger partial charge in [0.25, 0.3) is 0 Å². The van der Waals surface area contributed by atoms with Gasteiger partial charge in [-0.05, 0) is 71.2 Å². The Labute approximate surface area is 365 Å². The van der Waals surface area contributed by atoms with Gasteiger partial charge < -0.3 is 48.9 Å². The molecule has 0 spiro atoms. The summed E-state index contributed by atoms with van der Waals surface area (Å²) in [7, 11) is 0. The Morgan fingerprint density at radius 2 is 1.40 bits per heavy atom. The molecular weight excluding hydrogens is 807 g/mol. The number of carbonyl (C=O) groups is 7. The van der Waals surface area contributed by atoms with Crippen molar-refractivity contribution >= 4 is 58.1 Å². The van der Waals surface area contributed by atoms with Crippen LogP contribution < -0.4 is 43.8 Å². The second-order valence-corrected chi connectivity index (χ2v) is 15.8. The maximum absolute atomic E-state index is 14.7. The first-order chi connectivity index (χ1) is 30.1. The maximum atomic E-state index is 14.7. The second-order valence-electron chi connectivity index (χ2n) is 15.8. The Bertz CT molecular complexity index is 2350. The number of carbonyl (C=O) groups excluding carboxylic acids is 6. The third-order valence-electron chi connectivity index (χ3n) is 11.0. The number of carboxylic acid groups (broad SMARTS) is 1. The monoisotopic (exact) mass is 861 g/mol. The lowest BCUT2D eigenvalue weighted by Gasteiger charge is -2.39. The average molecular weight is 862 g/mol. The molecule has 0 aliphatic heterocycles.